The van der Waals surface area contributed by atoms with E-state index in [0.29, 0.717) is 18.4 Å². The molecule has 8 heteroatoms. The summed E-state index contributed by atoms with van der Waals surface area (Å²) >= 11 is 0. The average Bonchev–Trinajstić information content (AvgIpc) is 3.24. The van der Waals surface area contributed by atoms with E-state index in [-0.39, 0.29) is 18.3 Å². The van der Waals surface area contributed by atoms with Gasteiger partial charge in [0.1, 0.15) is 6.10 Å². The van der Waals surface area contributed by atoms with Gasteiger partial charge in [0.25, 0.3) is 5.91 Å². The molecule has 0 spiro atoms. The Labute approximate surface area is 170 Å². The zero-order valence-electron chi connectivity index (χ0n) is 16.8. The molecule has 1 aromatic rings. The lowest BCUT2D eigenvalue weighted by atomic mass is 9.76. The van der Waals surface area contributed by atoms with Gasteiger partial charge in [-0.3, -0.25) is 14.8 Å². The molecule has 0 saturated heterocycles. The minimum absolute atomic E-state index is 0.0469. The Morgan fingerprint density at radius 3 is 2.17 bits per heavy atom. The number of carbonyl (C=O) groups excluding carboxylic acids is 2. The summed E-state index contributed by atoms with van der Waals surface area (Å²) in [7, 11) is 0. The van der Waals surface area contributed by atoms with E-state index in [2.05, 4.69) is 5.32 Å². The Hall–Kier alpha value is -2.45. The van der Waals surface area contributed by atoms with Crippen LogP contribution in [0, 0.1) is 17.8 Å². The van der Waals surface area contributed by atoms with Crippen molar-refractivity contribution in [1.82, 2.24) is 10.8 Å². The van der Waals surface area contributed by atoms with Crippen LogP contribution < -0.4 is 10.8 Å². The number of nitrogens with one attached hydrogen (secondary N) is 2. The second kappa shape index (κ2) is 9.84. The Balaban J connectivity index is 2.46. The van der Waals surface area contributed by atoms with Crippen LogP contribution in [0.5, 0.6) is 0 Å². The summed E-state index contributed by atoms with van der Waals surface area (Å²) in [6.45, 7) is 3.64. The molecule has 2 rings (SSSR count). The zero-order chi connectivity index (χ0) is 21.6. The standard InChI is InChI=1S/C21H30N2O6/c1-13(2)12-16(17(24)19(26)23-29)18(25)22-21(20(27)28,15-10-6-7-11-15)14-8-4-3-5-9-14/h3-5,8-9,13,15-17,24,29H,6-7,10-12H2,1-2H3,(H,22,25)(H,23,26)(H,27,28)/t16-,17+,21-/m1/s1. The van der Waals surface area contributed by atoms with Crippen LogP contribution in [0.3, 0.4) is 0 Å². The number of carboxylic acids is 1. The van der Waals surface area contributed by atoms with E-state index in [4.69, 9.17) is 5.21 Å². The Bertz CT molecular complexity index is 717. The molecule has 1 saturated carbocycles. The normalized spacial score (nSPS) is 18.7. The van der Waals surface area contributed by atoms with Crippen LogP contribution in [-0.4, -0.2) is 39.3 Å². The van der Waals surface area contributed by atoms with Crippen LogP contribution in [0.2, 0.25) is 0 Å². The van der Waals surface area contributed by atoms with Crippen LogP contribution >= 0.6 is 0 Å². The summed E-state index contributed by atoms with van der Waals surface area (Å²) in [6, 6.07) is 8.53. The molecule has 5 N–H and O–H groups in total. The maximum atomic E-state index is 13.2. The number of hydroxylamine groups is 1. The Morgan fingerprint density at radius 1 is 1.10 bits per heavy atom. The fourth-order valence-corrected chi connectivity index (χ4v) is 4.24. The minimum Gasteiger partial charge on any atom is -0.479 e. The second-order valence-corrected chi connectivity index (χ2v) is 8.11. The van der Waals surface area contributed by atoms with Crippen LogP contribution in [-0.2, 0) is 19.9 Å². The number of amides is 2. The fraction of sp³-hybridized carbons (Fsp3) is 0.571. The van der Waals surface area contributed by atoms with Gasteiger partial charge in [-0.05, 0) is 36.7 Å². The van der Waals surface area contributed by atoms with Gasteiger partial charge in [-0.1, -0.05) is 57.0 Å². The highest BCUT2D eigenvalue weighted by Gasteiger charge is 2.50. The number of rotatable bonds is 9. The molecule has 2 amide bonds. The molecule has 0 heterocycles. The SMILES string of the molecule is CC(C)C[C@@H](C(=O)N[C@](C(=O)O)(c1ccccc1)C1CCCC1)[C@H](O)C(=O)NO. The summed E-state index contributed by atoms with van der Waals surface area (Å²) in [4.78, 5) is 37.5. The molecular formula is C21H30N2O6. The van der Waals surface area contributed by atoms with Crippen molar-refractivity contribution < 1.29 is 29.8 Å². The molecule has 8 nitrogen and oxygen atoms in total. The number of aliphatic hydroxyl groups excluding tert-OH is 1. The van der Waals surface area contributed by atoms with Crippen molar-refractivity contribution in [2.24, 2.45) is 17.8 Å². The van der Waals surface area contributed by atoms with Crippen molar-refractivity contribution in [2.75, 3.05) is 0 Å². The summed E-state index contributed by atoms with van der Waals surface area (Å²) in [5.74, 6) is -4.57. The number of aliphatic hydroxyl groups is 1. The second-order valence-electron chi connectivity index (χ2n) is 8.11. The van der Waals surface area contributed by atoms with Crippen molar-refractivity contribution in [3.05, 3.63) is 35.9 Å². The van der Waals surface area contributed by atoms with Crippen molar-refractivity contribution in [3.63, 3.8) is 0 Å². The smallest absolute Gasteiger partial charge is 0.334 e. The van der Waals surface area contributed by atoms with Crippen molar-refractivity contribution in [2.45, 2.75) is 57.6 Å². The first-order valence-electron chi connectivity index (χ1n) is 9.97. The molecule has 0 radical (unpaired) electrons. The van der Waals surface area contributed by atoms with E-state index in [1.807, 2.05) is 13.8 Å². The van der Waals surface area contributed by atoms with Crippen LogP contribution in [0.4, 0.5) is 0 Å². The molecule has 29 heavy (non-hydrogen) atoms. The lowest BCUT2D eigenvalue weighted by Gasteiger charge is -2.38. The fourth-order valence-electron chi connectivity index (χ4n) is 4.24. The third-order valence-electron chi connectivity index (χ3n) is 5.68. The van der Waals surface area contributed by atoms with E-state index >= 15 is 0 Å². The molecule has 1 aromatic carbocycles. The molecule has 0 aromatic heterocycles. The summed E-state index contributed by atoms with van der Waals surface area (Å²) < 4.78 is 0. The highest BCUT2D eigenvalue weighted by molar-refractivity contribution is 5.93. The van der Waals surface area contributed by atoms with Gasteiger partial charge in [-0.15, -0.1) is 0 Å². The number of benzene rings is 1. The molecule has 0 aliphatic heterocycles. The largest absolute Gasteiger partial charge is 0.479 e. The van der Waals surface area contributed by atoms with Gasteiger partial charge in [0.2, 0.25) is 5.91 Å². The molecule has 3 atom stereocenters. The van der Waals surface area contributed by atoms with Gasteiger partial charge < -0.3 is 15.5 Å². The summed E-state index contributed by atoms with van der Waals surface area (Å²) in [6.07, 6.45) is 1.38. The third-order valence-corrected chi connectivity index (χ3v) is 5.68. The van der Waals surface area contributed by atoms with Gasteiger partial charge in [-0.25, -0.2) is 10.3 Å². The topological polar surface area (TPSA) is 136 Å². The van der Waals surface area contributed by atoms with Crippen LogP contribution in [0.1, 0.15) is 51.5 Å². The van der Waals surface area contributed by atoms with Crippen LogP contribution in [0.15, 0.2) is 30.3 Å². The highest BCUT2D eigenvalue weighted by Crippen LogP contribution is 2.41. The Morgan fingerprint density at radius 2 is 1.69 bits per heavy atom. The van der Waals surface area contributed by atoms with Crippen molar-refractivity contribution in [1.29, 1.82) is 0 Å². The number of carbonyl (C=O) groups is 3. The highest BCUT2D eigenvalue weighted by atomic mass is 16.5. The summed E-state index contributed by atoms with van der Waals surface area (Å²) in [5.41, 5.74) is 0.163. The number of hydrogen-bond donors (Lipinski definition) is 5. The number of carboxylic acid groups (broad SMARTS) is 1. The van der Waals surface area contributed by atoms with Gasteiger partial charge >= 0.3 is 5.97 Å². The lowest BCUT2D eigenvalue weighted by Crippen LogP contribution is -2.59. The molecule has 1 fully saturated rings. The van der Waals surface area contributed by atoms with Crippen molar-refractivity contribution >= 4 is 17.8 Å². The number of hydrogen-bond acceptors (Lipinski definition) is 5. The first-order chi connectivity index (χ1) is 13.7. The first kappa shape index (κ1) is 22.8. The quantitative estimate of drug-likeness (QED) is 0.313. The maximum absolute atomic E-state index is 13.2. The molecule has 0 bridgehead atoms. The van der Waals surface area contributed by atoms with E-state index in [9.17, 15) is 24.6 Å². The average molecular weight is 406 g/mol. The monoisotopic (exact) mass is 406 g/mol. The predicted molar refractivity (Wildman–Crippen MR) is 105 cm³/mol. The van der Waals surface area contributed by atoms with Crippen LogP contribution in [0.25, 0.3) is 0 Å². The van der Waals surface area contributed by atoms with E-state index < -0.39 is 35.3 Å². The van der Waals surface area contributed by atoms with E-state index in [1.54, 1.807) is 30.3 Å². The maximum Gasteiger partial charge on any atom is 0.334 e. The summed E-state index contributed by atoms with van der Waals surface area (Å²) in [5, 5.41) is 32.1. The predicted octanol–water partition coefficient (Wildman–Crippen LogP) is 1.80. The van der Waals surface area contributed by atoms with E-state index in [1.165, 1.54) is 5.48 Å². The minimum atomic E-state index is -1.80. The zero-order valence-corrected chi connectivity index (χ0v) is 16.8. The van der Waals surface area contributed by atoms with Gasteiger partial charge in [0, 0.05) is 0 Å². The molecule has 160 valence electrons. The molecule has 1 aliphatic rings. The molecular weight excluding hydrogens is 376 g/mol. The van der Waals surface area contributed by atoms with Crippen molar-refractivity contribution in [3.8, 4) is 0 Å². The van der Waals surface area contributed by atoms with Gasteiger partial charge in [-0.2, -0.15) is 0 Å². The molecule has 0 unspecified atom stereocenters. The van der Waals surface area contributed by atoms with Gasteiger partial charge in [0.15, 0.2) is 5.54 Å². The number of aliphatic carboxylic acids is 1. The van der Waals surface area contributed by atoms with E-state index in [0.717, 1.165) is 12.8 Å². The van der Waals surface area contributed by atoms with Gasteiger partial charge in [0.05, 0.1) is 5.92 Å². The Kier molecular flexibility index (Phi) is 7.75. The third kappa shape index (κ3) is 4.94. The molecule has 1 aliphatic carbocycles. The first-order valence-corrected chi connectivity index (χ1v) is 9.97. The lowest BCUT2D eigenvalue weighted by molar-refractivity contribution is -0.154.